The highest BCUT2D eigenvalue weighted by molar-refractivity contribution is 5.69. The summed E-state index contributed by atoms with van der Waals surface area (Å²) in [5.74, 6) is 0. The monoisotopic (exact) mass is 239 g/mol. The standard InChI is InChI=1S/C12H21N3O2/c1-11(2,3)17-10(16)15-7-12(8-15)5-9(6-12)14-13-4/h9,14H,4-8H2,1-3H3. The zero-order valence-corrected chi connectivity index (χ0v) is 10.8. The van der Waals surface area contributed by atoms with Gasteiger partial charge in [-0.25, -0.2) is 4.79 Å². The van der Waals surface area contributed by atoms with Gasteiger partial charge in [-0.05, 0) is 33.6 Å². The summed E-state index contributed by atoms with van der Waals surface area (Å²) in [6, 6.07) is 0.438. The van der Waals surface area contributed by atoms with Crippen molar-refractivity contribution in [3.63, 3.8) is 0 Å². The average molecular weight is 239 g/mol. The van der Waals surface area contributed by atoms with Crippen molar-refractivity contribution in [1.82, 2.24) is 10.3 Å². The Bertz CT molecular complexity index is 321. The largest absolute Gasteiger partial charge is 0.444 e. The van der Waals surface area contributed by atoms with Gasteiger partial charge in [-0.2, -0.15) is 5.10 Å². The first kappa shape index (κ1) is 12.2. The number of hydrogen-bond donors (Lipinski definition) is 1. The molecule has 1 spiro atoms. The van der Waals surface area contributed by atoms with Gasteiger partial charge >= 0.3 is 6.09 Å². The van der Waals surface area contributed by atoms with Gasteiger partial charge in [-0.3, -0.25) is 0 Å². The molecule has 0 unspecified atom stereocenters. The summed E-state index contributed by atoms with van der Waals surface area (Å²) >= 11 is 0. The molecule has 1 saturated heterocycles. The number of amides is 1. The van der Waals surface area contributed by atoms with Crippen molar-refractivity contribution in [2.45, 2.75) is 45.3 Å². The highest BCUT2D eigenvalue weighted by atomic mass is 16.6. The van der Waals surface area contributed by atoms with Crippen LogP contribution in [-0.2, 0) is 4.74 Å². The van der Waals surface area contributed by atoms with Gasteiger partial charge in [0.05, 0.1) is 0 Å². The SMILES string of the molecule is C=NNC1CC2(C1)CN(C(=O)OC(C)(C)C)C2. The van der Waals surface area contributed by atoms with Gasteiger partial charge in [0.15, 0.2) is 0 Å². The second-order valence-corrected chi connectivity index (χ2v) is 6.23. The zero-order chi connectivity index (χ0) is 12.7. The summed E-state index contributed by atoms with van der Waals surface area (Å²) < 4.78 is 5.32. The first-order valence-electron chi connectivity index (χ1n) is 6.03. The van der Waals surface area contributed by atoms with Crippen LogP contribution in [0.1, 0.15) is 33.6 Å². The van der Waals surface area contributed by atoms with E-state index in [1.807, 2.05) is 20.8 Å². The molecule has 1 heterocycles. The molecule has 1 aliphatic heterocycles. The van der Waals surface area contributed by atoms with Crippen molar-refractivity contribution in [3.05, 3.63) is 0 Å². The molecule has 1 amide bonds. The molecule has 5 nitrogen and oxygen atoms in total. The predicted octanol–water partition coefficient (Wildman–Crippen LogP) is 1.59. The summed E-state index contributed by atoms with van der Waals surface area (Å²) in [6.07, 6.45) is 1.96. The fourth-order valence-corrected chi connectivity index (χ4v) is 2.68. The number of nitrogens with one attached hydrogen (secondary N) is 1. The third-order valence-electron chi connectivity index (χ3n) is 3.34. The lowest BCUT2D eigenvalue weighted by Crippen LogP contribution is -2.67. The van der Waals surface area contributed by atoms with Crippen LogP contribution >= 0.6 is 0 Å². The lowest BCUT2D eigenvalue weighted by molar-refractivity contribution is -0.0825. The topological polar surface area (TPSA) is 53.9 Å². The lowest BCUT2D eigenvalue weighted by Gasteiger charge is -2.58. The number of rotatable bonds is 2. The van der Waals surface area contributed by atoms with E-state index in [2.05, 4.69) is 17.2 Å². The molecule has 17 heavy (non-hydrogen) atoms. The first-order chi connectivity index (χ1) is 7.84. The maximum Gasteiger partial charge on any atom is 0.410 e. The highest BCUT2D eigenvalue weighted by Gasteiger charge is 2.54. The second-order valence-electron chi connectivity index (χ2n) is 6.23. The highest BCUT2D eigenvalue weighted by Crippen LogP contribution is 2.48. The van der Waals surface area contributed by atoms with Gasteiger partial charge in [-0.15, -0.1) is 0 Å². The van der Waals surface area contributed by atoms with E-state index in [0.29, 0.717) is 11.5 Å². The fraction of sp³-hybridized carbons (Fsp3) is 0.833. The van der Waals surface area contributed by atoms with Crippen LogP contribution in [0.3, 0.4) is 0 Å². The Morgan fingerprint density at radius 3 is 2.53 bits per heavy atom. The first-order valence-corrected chi connectivity index (χ1v) is 6.03. The number of hydrazone groups is 1. The number of ether oxygens (including phenoxy) is 1. The summed E-state index contributed by atoms with van der Waals surface area (Å²) in [7, 11) is 0. The van der Waals surface area contributed by atoms with Gasteiger partial charge in [0.25, 0.3) is 0 Å². The molecule has 1 saturated carbocycles. The molecule has 2 rings (SSSR count). The van der Waals surface area contributed by atoms with Crippen LogP contribution in [0.4, 0.5) is 4.79 Å². The van der Waals surface area contributed by atoms with E-state index in [1.54, 1.807) is 4.90 Å². The van der Waals surface area contributed by atoms with Crippen LogP contribution in [0.25, 0.3) is 0 Å². The van der Waals surface area contributed by atoms with Crippen LogP contribution in [0.15, 0.2) is 5.10 Å². The molecule has 0 radical (unpaired) electrons. The number of carbonyl (C=O) groups excluding carboxylic acids is 1. The van der Waals surface area contributed by atoms with Gasteiger partial charge in [-0.1, -0.05) is 0 Å². The quantitative estimate of drug-likeness (QED) is 0.588. The van der Waals surface area contributed by atoms with E-state index in [4.69, 9.17) is 4.74 Å². The molecule has 96 valence electrons. The Hall–Kier alpha value is -1.26. The molecular weight excluding hydrogens is 218 g/mol. The van der Waals surface area contributed by atoms with Crippen molar-refractivity contribution in [2.75, 3.05) is 13.1 Å². The van der Waals surface area contributed by atoms with E-state index in [-0.39, 0.29) is 6.09 Å². The lowest BCUT2D eigenvalue weighted by atomic mass is 9.61. The molecule has 0 atom stereocenters. The molecule has 0 aromatic rings. The van der Waals surface area contributed by atoms with Crippen LogP contribution in [0.5, 0.6) is 0 Å². The maximum atomic E-state index is 11.7. The van der Waals surface area contributed by atoms with Crippen molar-refractivity contribution >= 4 is 12.8 Å². The minimum Gasteiger partial charge on any atom is -0.444 e. The Labute approximate surface area is 102 Å². The second kappa shape index (κ2) is 3.89. The Kier molecular flexibility index (Phi) is 2.79. The van der Waals surface area contributed by atoms with Crippen LogP contribution in [-0.4, -0.2) is 42.4 Å². The molecule has 1 aliphatic carbocycles. The number of hydrogen-bond acceptors (Lipinski definition) is 4. The molecule has 5 heteroatoms. The zero-order valence-electron chi connectivity index (χ0n) is 10.8. The van der Waals surface area contributed by atoms with Crippen LogP contribution < -0.4 is 5.43 Å². The maximum absolute atomic E-state index is 11.7. The average Bonchev–Trinajstić information content (AvgIpc) is 2.03. The summed E-state index contributed by atoms with van der Waals surface area (Å²) in [5.41, 5.74) is 2.88. The predicted molar refractivity (Wildman–Crippen MR) is 65.9 cm³/mol. The summed E-state index contributed by atoms with van der Waals surface area (Å²) in [6.45, 7) is 10.7. The number of nitrogens with zero attached hydrogens (tertiary/aromatic N) is 2. The fourth-order valence-electron chi connectivity index (χ4n) is 2.68. The van der Waals surface area contributed by atoms with Crippen molar-refractivity contribution in [2.24, 2.45) is 10.5 Å². The smallest absolute Gasteiger partial charge is 0.410 e. The number of carbonyl (C=O) groups is 1. The molecule has 0 aromatic heterocycles. The molecular formula is C12H21N3O2. The molecule has 1 N–H and O–H groups in total. The van der Waals surface area contributed by atoms with Crippen molar-refractivity contribution < 1.29 is 9.53 Å². The minimum absolute atomic E-state index is 0.193. The molecule has 2 aliphatic rings. The normalized spacial score (nSPS) is 22.6. The Balaban J connectivity index is 1.73. The van der Waals surface area contributed by atoms with E-state index >= 15 is 0 Å². The molecule has 0 bridgehead atoms. The Morgan fingerprint density at radius 2 is 2.06 bits per heavy atom. The van der Waals surface area contributed by atoms with Crippen molar-refractivity contribution in [1.29, 1.82) is 0 Å². The van der Waals surface area contributed by atoms with E-state index in [0.717, 1.165) is 25.9 Å². The van der Waals surface area contributed by atoms with Crippen LogP contribution in [0.2, 0.25) is 0 Å². The molecule has 0 aromatic carbocycles. The van der Waals surface area contributed by atoms with Gasteiger partial charge < -0.3 is 15.1 Å². The van der Waals surface area contributed by atoms with Gasteiger partial charge in [0, 0.05) is 31.3 Å². The third-order valence-corrected chi connectivity index (χ3v) is 3.34. The third kappa shape index (κ3) is 2.53. The van der Waals surface area contributed by atoms with Crippen molar-refractivity contribution in [3.8, 4) is 0 Å². The van der Waals surface area contributed by atoms with Gasteiger partial charge in [0.1, 0.15) is 5.60 Å². The van der Waals surface area contributed by atoms with Gasteiger partial charge in [0.2, 0.25) is 0 Å². The van der Waals surface area contributed by atoms with E-state index in [9.17, 15) is 4.79 Å². The Morgan fingerprint density at radius 1 is 1.47 bits per heavy atom. The number of likely N-dealkylation sites (tertiary alicyclic amines) is 1. The summed E-state index contributed by atoms with van der Waals surface area (Å²) in [5, 5.41) is 3.68. The molecule has 2 fully saturated rings. The van der Waals surface area contributed by atoms with Crippen LogP contribution in [0, 0.1) is 5.41 Å². The summed E-state index contributed by atoms with van der Waals surface area (Å²) in [4.78, 5) is 13.5. The minimum atomic E-state index is -0.406. The van der Waals surface area contributed by atoms with E-state index < -0.39 is 5.60 Å². The van der Waals surface area contributed by atoms with E-state index in [1.165, 1.54) is 0 Å².